The van der Waals surface area contributed by atoms with Crippen molar-refractivity contribution in [1.29, 1.82) is 0 Å². The number of amides is 1. The number of likely N-dealkylation sites (tertiary alicyclic amines) is 1. The fourth-order valence-corrected chi connectivity index (χ4v) is 2.10. The zero-order valence-electron chi connectivity index (χ0n) is 9.60. The fourth-order valence-electron chi connectivity index (χ4n) is 2.10. The monoisotopic (exact) mass is 237 g/mol. The molecule has 92 valence electrons. The van der Waals surface area contributed by atoms with Crippen LogP contribution in [0, 0.1) is 11.7 Å². The van der Waals surface area contributed by atoms with Crippen molar-refractivity contribution < 1.29 is 14.3 Å². The third kappa shape index (κ3) is 3.03. The Balaban J connectivity index is 1.91. The standard InChI is InChI=1S/C13H16FNO2/c14-12-3-1-10(2-4-12)7-13(17)15-6-5-11(8-15)9-16/h1-4,11,16H,5-9H2. The molecule has 17 heavy (non-hydrogen) atoms. The lowest BCUT2D eigenvalue weighted by atomic mass is 10.1. The minimum absolute atomic E-state index is 0.0487. The Morgan fingerprint density at radius 2 is 2.12 bits per heavy atom. The first kappa shape index (κ1) is 12.0. The molecule has 0 saturated carbocycles. The van der Waals surface area contributed by atoms with Crippen LogP contribution in [0.2, 0.25) is 0 Å². The van der Waals surface area contributed by atoms with Crippen LogP contribution in [0.1, 0.15) is 12.0 Å². The lowest BCUT2D eigenvalue weighted by Gasteiger charge is -2.16. The highest BCUT2D eigenvalue weighted by Crippen LogP contribution is 2.16. The second-order valence-electron chi connectivity index (χ2n) is 4.48. The molecule has 1 unspecified atom stereocenters. The van der Waals surface area contributed by atoms with Crippen LogP contribution in [0.25, 0.3) is 0 Å². The third-order valence-electron chi connectivity index (χ3n) is 3.17. The average Bonchev–Trinajstić information content (AvgIpc) is 2.81. The Morgan fingerprint density at radius 3 is 2.71 bits per heavy atom. The van der Waals surface area contributed by atoms with Gasteiger partial charge in [-0.2, -0.15) is 0 Å². The molecule has 0 aliphatic carbocycles. The summed E-state index contributed by atoms with van der Waals surface area (Å²) in [5.74, 6) is -0.0255. The van der Waals surface area contributed by atoms with E-state index < -0.39 is 0 Å². The van der Waals surface area contributed by atoms with E-state index in [4.69, 9.17) is 5.11 Å². The van der Waals surface area contributed by atoms with Crippen LogP contribution in [0.3, 0.4) is 0 Å². The summed E-state index contributed by atoms with van der Waals surface area (Å²) in [5.41, 5.74) is 0.823. The summed E-state index contributed by atoms with van der Waals surface area (Å²) in [4.78, 5) is 13.7. The van der Waals surface area contributed by atoms with Crippen molar-refractivity contribution in [2.24, 2.45) is 5.92 Å². The predicted molar refractivity (Wildman–Crippen MR) is 61.9 cm³/mol. The van der Waals surface area contributed by atoms with Gasteiger partial charge >= 0.3 is 0 Å². The average molecular weight is 237 g/mol. The van der Waals surface area contributed by atoms with E-state index in [0.717, 1.165) is 12.0 Å². The van der Waals surface area contributed by atoms with Gasteiger partial charge < -0.3 is 10.0 Å². The molecule has 1 heterocycles. The SMILES string of the molecule is O=C(Cc1ccc(F)cc1)N1CCC(CO)C1. The van der Waals surface area contributed by atoms with Crippen LogP contribution in [0.15, 0.2) is 24.3 Å². The molecule has 0 spiro atoms. The molecule has 1 fully saturated rings. The van der Waals surface area contributed by atoms with Crippen molar-refractivity contribution in [1.82, 2.24) is 4.90 Å². The second kappa shape index (κ2) is 5.27. The van der Waals surface area contributed by atoms with Crippen LogP contribution in [0.4, 0.5) is 4.39 Å². The molecule has 1 saturated heterocycles. The van der Waals surface area contributed by atoms with Crippen LogP contribution in [-0.2, 0) is 11.2 Å². The van der Waals surface area contributed by atoms with E-state index >= 15 is 0 Å². The maximum Gasteiger partial charge on any atom is 0.227 e. The number of rotatable bonds is 3. The lowest BCUT2D eigenvalue weighted by molar-refractivity contribution is -0.129. The van der Waals surface area contributed by atoms with E-state index in [0.29, 0.717) is 19.5 Å². The first-order chi connectivity index (χ1) is 8.19. The van der Waals surface area contributed by atoms with Gasteiger partial charge in [-0.1, -0.05) is 12.1 Å². The van der Waals surface area contributed by atoms with Crippen molar-refractivity contribution in [2.45, 2.75) is 12.8 Å². The van der Waals surface area contributed by atoms with E-state index in [1.54, 1.807) is 17.0 Å². The number of carbonyl (C=O) groups excluding carboxylic acids is 1. The fraction of sp³-hybridized carbons (Fsp3) is 0.462. The molecule has 1 aromatic rings. The molecule has 1 N–H and O–H groups in total. The molecule has 0 radical (unpaired) electrons. The summed E-state index contributed by atoms with van der Waals surface area (Å²) in [6.07, 6.45) is 1.17. The zero-order valence-corrected chi connectivity index (χ0v) is 9.60. The van der Waals surface area contributed by atoms with Gasteiger partial charge in [0, 0.05) is 25.6 Å². The number of hydrogen-bond donors (Lipinski definition) is 1. The summed E-state index contributed by atoms with van der Waals surface area (Å²) >= 11 is 0. The minimum Gasteiger partial charge on any atom is -0.396 e. The molecule has 1 atom stereocenters. The minimum atomic E-state index is -0.289. The highest BCUT2D eigenvalue weighted by Gasteiger charge is 2.25. The summed E-state index contributed by atoms with van der Waals surface area (Å²) in [6, 6.07) is 5.99. The Kier molecular flexibility index (Phi) is 3.74. The van der Waals surface area contributed by atoms with Crippen LogP contribution in [0.5, 0.6) is 0 Å². The molecule has 2 rings (SSSR count). The predicted octanol–water partition coefficient (Wildman–Crippen LogP) is 1.21. The van der Waals surface area contributed by atoms with Crippen molar-refractivity contribution in [3.8, 4) is 0 Å². The number of aliphatic hydroxyl groups excluding tert-OH is 1. The Bertz CT molecular complexity index is 391. The van der Waals surface area contributed by atoms with Gasteiger partial charge in [0.2, 0.25) is 5.91 Å². The van der Waals surface area contributed by atoms with Gasteiger partial charge in [0.15, 0.2) is 0 Å². The first-order valence-electron chi connectivity index (χ1n) is 5.82. The van der Waals surface area contributed by atoms with Crippen molar-refractivity contribution in [3.05, 3.63) is 35.6 Å². The molecule has 1 aliphatic heterocycles. The maximum atomic E-state index is 12.7. The lowest BCUT2D eigenvalue weighted by Crippen LogP contribution is -2.30. The third-order valence-corrected chi connectivity index (χ3v) is 3.17. The van der Waals surface area contributed by atoms with Crippen LogP contribution in [-0.4, -0.2) is 35.6 Å². The molecular weight excluding hydrogens is 221 g/mol. The number of benzene rings is 1. The smallest absolute Gasteiger partial charge is 0.227 e. The van der Waals surface area contributed by atoms with E-state index in [1.165, 1.54) is 12.1 Å². The van der Waals surface area contributed by atoms with Gasteiger partial charge in [0.05, 0.1) is 6.42 Å². The van der Waals surface area contributed by atoms with E-state index in [-0.39, 0.29) is 24.2 Å². The van der Waals surface area contributed by atoms with Crippen LogP contribution < -0.4 is 0 Å². The molecule has 1 amide bonds. The second-order valence-corrected chi connectivity index (χ2v) is 4.48. The van der Waals surface area contributed by atoms with Crippen LogP contribution >= 0.6 is 0 Å². The van der Waals surface area contributed by atoms with Crippen molar-refractivity contribution >= 4 is 5.91 Å². The van der Waals surface area contributed by atoms with Crippen molar-refractivity contribution in [2.75, 3.05) is 19.7 Å². The number of aliphatic hydroxyl groups is 1. The largest absolute Gasteiger partial charge is 0.396 e. The Morgan fingerprint density at radius 1 is 1.41 bits per heavy atom. The highest BCUT2D eigenvalue weighted by atomic mass is 19.1. The van der Waals surface area contributed by atoms with Gasteiger partial charge in [-0.15, -0.1) is 0 Å². The van der Waals surface area contributed by atoms with Gasteiger partial charge in [-0.3, -0.25) is 4.79 Å². The molecule has 1 aliphatic rings. The first-order valence-corrected chi connectivity index (χ1v) is 5.82. The quantitative estimate of drug-likeness (QED) is 0.858. The normalized spacial score (nSPS) is 19.6. The van der Waals surface area contributed by atoms with Gasteiger partial charge in [-0.05, 0) is 24.1 Å². The van der Waals surface area contributed by atoms with Gasteiger partial charge in [-0.25, -0.2) is 4.39 Å². The molecule has 1 aromatic carbocycles. The Labute approximate surface area is 99.9 Å². The number of carbonyl (C=O) groups is 1. The van der Waals surface area contributed by atoms with Gasteiger partial charge in [0.25, 0.3) is 0 Å². The van der Waals surface area contributed by atoms with Gasteiger partial charge in [0.1, 0.15) is 5.82 Å². The number of hydrogen-bond acceptors (Lipinski definition) is 2. The van der Waals surface area contributed by atoms with Crippen molar-refractivity contribution in [3.63, 3.8) is 0 Å². The summed E-state index contributed by atoms with van der Waals surface area (Å²) in [6.45, 7) is 1.49. The maximum absolute atomic E-state index is 12.7. The molecule has 0 bridgehead atoms. The van der Waals surface area contributed by atoms with E-state index in [1.807, 2.05) is 0 Å². The molecule has 4 heteroatoms. The zero-order chi connectivity index (χ0) is 12.3. The van der Waals surface area contributed by atoms with E-state index in [2.05, 4.69) is 0 Å². The highest BCUT2D eigenvalue weighted by molar-refractivity contribution is 5.79. The Hall–Kier alpha value is -1.42. The topological polar surface area (TPSA) is 40.5 Å². The summed E-state index contributed by atoms with van der Waals surface area (Å²) < 4.78 is 12.7. The van der Waals surface area contributed by atoms with E-state index in [9.17, 15) is 9.18 Å². The number of nitrogens with zero attached hydrogens (tertiary/aromatic N) is 1. The molecule has 3 nitrogen and oxygen atoms in total. The summed E-state index contributed by atoms with van der Waals surface area (Å²) in [7, 11) is 0. The number of halogens is 1. The molecular formula is C13H16FNO2. The summed E-state index contributed by atoms with van der Waals surface area (Å²) in [5, 5.41) is 9.01. The molecule has 0 aromatic heterocycles.